The van der Waals surface area contributed by atoms with Gasteiger partial charge in [-0.3, -0.25) is 4.79 Å². The molecule has 27 heavy (non-hydrogen) atoms. The van der Waals surface area contributed by atoms with E-state index in [2.05, 4.69) is 46.7 Å². The quantitative estimate of drug-likeness (QED) is 0.631. The number of aryl methyl sites for hydroxylation is 2. The molecule has 1 amide bonds. The van der Waals surface area contributed by atoms with E-state index in [1.807, 2.05) is 48.7 Å². The maximum Gasteiger partial charge on any atom is 0.230 e. The molecule has 0 aliphatic carbocycles. The third-order valence-corrected chi connectivity index (χ3v) is 5.34. The van der Waals surface area contributed by atoms with E-state index in [-0.39, 0.29) is 11.9 Å². The summed E-state index contributed by atoms with van der Waals surface area (Å²) in [6.07, 6.45) is 0. The van der Waals surface area contributed by atoms with E-state index in [9.17, 15) is 4.79 Å². The van der Waals surface area contributed by atoms with Crippen LogP contribution in [-0.2, 0) is 11.3 Å². The monoisotopic (exact) mass is 380 g/mol. The molecule has 0 fully saturated rings. The van der Waals surface area contributed by atoms with Crippen molar-refractivity contribution in [3.63, 3.8) is 0 Å². The molecular formula is C21H24N4OS. The maximum absolute atomic E-state index is 12.4. The van der Waals surface area contributed by atoms with Gasteiger partial charge in [0.1, 0.15) is 5.82 Å². The third kappa shape index (κ3) is 5.20. The molecule has 5 nitrogen and oxygen atoms in total. The van der Waals surface area contributed by atoms with Crippen LogP contribution in [0.5, 0.6) is 0 Å². The molecule has 1 heterocycles. The van der Waals surface area contributed by atoms with Crippen LogP contribution in [0.1, 0.15) is 35.5 Å². The number of nitrogens with zero attached hydrogens (tertiary/aromatic N) is 3. The van der Waals surface area contributed by atoms with Gasteiger partial charge in [-0.25, -0.2) is 0 Å². The van der Waals surface area contributed by atoms with Gasteiger partial charge in [0.05, 0.1) is 18.3 Å². The first-order chi connectivity index (χ1) is 13.0. The zero-order valence-corrected chi connectivity index (χ0v) is 16.7. The minimum Gasteiger partial charge on any atom is -0.349 e. The highest BCUT2D eigenvalue weighted by atomic mass is 32.2. The fourth-order valence-electron chi connectivity index (χ4n) is 2.77. The van der Waals surface area contributed by atoms with Crippen LogP contribution in [-0.4, -0.2) is 26.4 Å². The normalized spacial score (nSPS) is 12.0. The summed E-state index contributed by atoms with van der Waals surface area (Å²) in [6.45, 7) is 6.68. The molecule has 0 bridgehead atoms. The van der Waals surface area contributed by atoms with Crippen molar-refractivity contribution in [3.05, 3.63) is 77.1 Å². The summed E-state index contributed by atoms with van der Waals surface area (Å²) < 4.78 is 2.04. The van der Waals surface area contributed by atoms with Crippen LogP contribution in [0.3, 0.4) is 0 Å². The van der Waals surface area contributed by atoms with Gasteiger partial charge >= 0.3 is 0 Å². The molecule has 0 aliphatic heterocycles. The number of amides is 1. The number of benzene rings is 2. The molecule has 6 heteroatoms. The minimum atomic E-state index is -0.0253. The summed E-state index contributed by atoms with van der Waals surface area (Å²) in [5.41, 5.74) is 3.49. The van der Waals surface area contributed by atoms with Gasteiger partial charge in [0, 0.05) is 0 Å². The second-order valence-electron chi connectivity index (χ2n) is 6.59. The van der Waals surface area contributed by atoms with E-state index in [0.29, 0.717) is 12.3 Å². The van der Waals surface area contributed by atoms with Crippen LogP contribution < -0.4 is 5.32 Å². The molecule has 0 saturated heterocycles. The molecule has 0 spiro atoms. The van der Waals surface area contributed by atoms with Crippen molar-refractivity contribution < 1.29 is 4.79 Å². The zero-order chi connectivity index (χ0) is 19.2. The molecule has 3 aromatic rings. The second-order valence-corrected chi connectivity index (χ2v) is 7.53. The first-order valence-corrected chi connectivity index (χ1v) is 9.94. The van der Waals surface area contributed by atoms with Crippen LogP contribution in [0.15, 0.2) is 59.8 Å². The molecule has 0 radical (unpaired) electrons. The topological polar surface area (TPSA) is 59.8 Å². The van der Waals surface area contributed by atoms with Gasteiger partial charge in [-0.15, -0.1) is 10.2 Å². The van der Waals surface area contributed by atoms with Gasteiger partial charge in [-0.1, -0.05) is 71.9 Å². The van der Waals surface area contributed by atoms with Gasteiger partial charge in [-0.05, 0) is 31.9 Å². The lowest BCUT2D eigenvalue weighted by Crippen LogP contribution is -2.28. The van der Waals surface area contributed by atoms with Crippen LogP contribution in [0.25, 0.3) is 0 Å². The first-order valence-electron chi connectivity index (χ1n) is 8.95. The van der Waals surface area contributed by atoms with Crippen LogP contribution in [0.2, 0.25) is 0 Å². The van der Waals surface area contributed by atoms with Crippen molar-refractivity contribution in [1.82, 2.24) is 20.1 Å². The lowest BCUT2D eigenvalue weighted by molar-refractivity contribution is -0.119. The van der Waals surface area contributed by atoms with E-state index < -0.39 is 0 Å². The first kappa shape index (κ1) is 19.2. The number of carbonyl (C=O) groups is 1. The molecule has 1 aromatic heterocycles. The Balaban J connectivity index is 1.58. The zero-order valence-electron chi connectivity index (χ0n) is 15.8. The van der Waals surface area contributed by atoms with Crippen LogP contribution in [0.4, 0.5) is 0 Å². The third-order valence-electron chi connectivity index (χ3n) is 4.37. The standard InChI is InChI=1S/C21H24N4OS/c1-15-9-11-19(12-10-15)16(2)22-20(26)14-27-21-24-23-17(3)25(21)13-18-7-5-4-6-8-18/h4-12,16H,13-14H2,1-3H3,(H,22,26). The largest absolute Gasteiger partial charge is 0.349 e. The fraction of sp³-hybridized carbons (Fsp3) is 0.286. The van der Waals surface area contributed by atoms with E-state index >= 15 is 0 Å². The highest BCUT2D eigenvalue weighted by Gasteiger charge is 2.14. The van der Waals surface area contributed by atoms with E-state index in [1.54, 1.807) is 0 Å². The average molecular weight is 381 g/mol. The molecule has 0 aliphatic rings. The molecule has 0 saturated carbocycles. The Morgan fingerprint density at radius 3 is 2.48 bits per heavy atom. The number of rotatable bonds is 7. The van der Waals surface area contributed by atoms with Gasteiger partial charge in [0.25, 0.3) is 0 Å². The van der Waals surface area contributed by atoms with Gasteiger partial charge in [0.15, 0.2) is 5.16 Å². The smallest absolute Gasteiger partial charge is 0.230 e. The SMILES string of the molecule is Cc1ccc(C(C)NC(=O)CSc2nnc(C)n2Cc2ccccc2)cc1. The summed E-state index contributed by atoms with van der Waals surface area (Å²) in [5.74, 6) is 1.14. The highest BCUT2D eigenvalue weighted by Crippen LogP contribution is 2.19. The Kier molecular flexibility index (Phi) is 6.29. The summed E-state index contributed by atoms with van der Waals surface area (Å²) >= 11 is 1.41. The number of hydrogen-bond donors (Lipinski definition) is 1. The van der Waals surface area contributed by atoms with Gasteiger partial charge in [0.2, 0.25) is 5.91 Å². The number of hydrogen-bond acceptors (Lipinski definition) is 4. The molecule has 3 rings (SSSR count). The number of nitrogens with one attached hydrogen (secondary N) is 1. The Morgan fingerprint density at radius 1 is 1.07 bits per heavy atom. The predicted molar refractivity (Wildman–Crippen MR) is 109 cm³/mol. The summed E-state index contributed by atoms with van der Waals surface area (Å²) in [7, 11) is 0. The van der Waals surface area contributed by atoms with Crippen molar-refractivity contribution >= 4 is 17.7 Å². The Bertz CT molecular complexity index is 890. The number of aromatic nitrogens is 3. The van der Waals surface area contributed by atoms with E-state index in [1.165, 1.54) is 22.9 Å². The van der Waals surface area contributed by atoms with Crippen molar-refractivity contribution in [1.29, 1.82) is 0 Å². The summed E-state index contributed by atoms with van der Waals surface area (Å²) in [6, 6.07) is 18.4. The second kappa shape index (κ2) is 8.86. The Morgan fingerprint density at radius 2 is 1.78 bits per heavy atom. The van der Waals surface area contributed by atoms with Crippen molar-refractivity contribution in [2.75, 3.05) is 5.75 Å². The van der Waals surface area contributed by atoms with E-state index in [0.717, 1.165) is 16.5 Å². The summed E-state index contributed by atoms with van der Waals surface area (Å²) in [5, 5.41) is 12.2. The Labute approximate surface area is 164 Å². The molecule has 140 valence electrons. The van der Waals surface area contributed by atoms with E-state index in [4.69, 9.17) is 0 Å². The summed E-state index contributed by atoms with van der Waals surface area (Å²) in [4.78, 5) is 12.4. The molecule has 1 unspecified atom stereocenters. The lowest BCUT2D eigenvalue weighted by Gasteiger charge is -2.14. The highest BCUT2D eigenvalue weighted by molar-refractivity contribution is 7.99. The molecule has 1 atom stereocenters. The van der Waals surface area contributed by atoms with Crippen molar-refractivity contribution in [3.8, 4) is 0 Å². The van der Waals surface area contributed by atoms with Gasteiger partial charge in [-0.2, -0.15) is 0 Å². The minimum absolute atomic E-state index is 0.0139. The van der Waals surface area contributed by atoms with Crippen LogP contribution in [0, 0.1) is 13.8 Å². The number of carbonyl (C=O) groups excluding carboxylic acids is 1. The molecule has 1 N–H and O–H groups in total. The lowest BCUT2D eigenvalue weighted by atomic mass is 10.1. The predicted octanol–water partition coefficient (Wildman–Crippen LogP) is 3.91. The maximum atomic E-state index is 12.4. The van der Waals surface area contributed by atoms with Crippen molar-refractivity contribution in [2.24, 2.45) is 0 Å². The van der Waals surface area contributed by atoms with Crippen LogP contribution >= 0.6 is 11.8 Å². The fourth-order valence-corrected chi connectivity index (χ4v) is 3.56. The molecule has 2 aromatic carbocycles. The molecular weight excluding hydrogens is 356 g/mol. The van der Waals surface area contributed by atoms with Crippen molar-refractivity contribution in [2.45, 2.75) is 38.5 Å². The van der Waals surface area contributed by atoms with Gasteiger partial charge < -0.3 is 9.88 Å². The average Bonchev–Trinajstić information content (AvgIpc) is 3.01. The number of thioether (sulfide) groups is 1. The Hall–Kier alpha value is -2.60.